The summed E-state index contributed by atoms with van der Waals surface area (Å²) in [5.74, 6) is 0.273. The maximum atomic E-state index is 14.0. The highest BCUT2D eigenvalue weighted by atomic mass is 35.5. The van der Waals surface area contributed by atoms with Crippen LogP contribution < -0.4 is 9.80 Å². The highest BCUT2D eigenvalue weighted by Gasteiger charge is 2.60. The maximum Gasteiger partial charge on any atom is 0.258 e. The molecule has 0 N–H and O–H groups in total. The van der Waals surface area contributed by atoms with E-state index in [1.54, 1.807) is 29.3 Å². The minimum Gasteiger partial charge on any atom is -0.351 e. The molecular formula is C25H23ClFN5O2. The maximum absolute atomic E-state index is 14.0. The van der Waals surface area contributed by atoms with E-state index in [1.807, 2.05) is 36.9 Å². The zero-order chi connectivity index (χ0) is 24.0. The van der Waals surface area contributed by atoms with Gasteiger partial charge in [0.05, 0.1) is 19.3 Å². The summed E-state index contributed by atoms with van der Waals surface area (Å²) in [6, 6.07) is 12.1. The molecule has 5 rings (SSSR count). The number of anilines is 2. The molecule has 34 heavy (non-hydrogen) atoms. The lowest BCUT2D eigenvalue weighted by Gasteiger charge is -2.58. The Morgan fingerprint density at radius 3 is 2.41 bits per heavy atom. The van der Waals surface area contributed by atoms with Crippen molar-refractivity contribution in [2.75, 3.05) is 29.4 Å². The van der Waals surface area contributed by atoms with Gasteiger partial charge in [0.2, 0.25) is 5.91 Å². The van der Waals surface area contributed by atoms with E-state index in [9.17, 15) is 14.0 Å². The van der Waals surface area contributed by atoms with Gasteiger partial charge in [-0.3, -0.25) is 14.5 Å². The number of hydrogen-bond acceptors (Lipinski definition) is 5. The third-order valence-electron chi connectivity index (χ3n) is 6.39. The molecule has 2 amide bonds. The smallest absolute Gasteiger partial charge is 0.258 e. The van der Waals surface area contributed by atoms with Crippen molar-refractivity contribution < 1.29 is 14.0 Å². The molecule has 174 valence electrons. The molecule has 0 atom stereocenters. The summed E-state index contributed by atoms with van der Waals surface area (Å²) in [5, 5.41) is 0.601. The molecule has 1 spiro atoms. The largest absolute Gasteiger partial charge is 0.351 e. The number of rotatable bonds is 4. The van der Waals surface area contributed by atoms with Crippen LogP contribution in [0, 0.1) is 19.7 Å². The number of piperazine rings is 1. The highest BCUT2D eigenvalue weighted by Crippen LogP contribution is 2.38. The van der Waals surface area contributed by atoms with Gasteiger partial charge in [0.25, 0.3) is 5.91 Å². The number of nitrogens with zero attached hydrogens (tertiary/aromatic N) is 5. The summed E-state index contributed by atoms with van der Waals surface area (Å²) in [6.45, 7) is 4.52. The van der Waals surface area contributed by atoms with E-state index in [0.29, 0.717) is 16.7 Å². The zero-order valence-corrected chi connectivity index (χ0v) is 19.6. The number of carbonyl (C=O) groups is 2. The normalized spacial score (nSPS) is 17.4. The quantitative estimate of drug-likeness (QED) is 0.572. The molecule has 7 nitrogen and oxygen atoms in total. The van der Waals surface area contributed by atoms with E-state index in [0.717, 1.165) is 22.9 Å². The third kappa shape index (κ3) is 3.77. The first-order valence-electron chi connectivity index (χ1n) is 10.9. The number of carbonyl (C=O) groups excluding carboxylic acids is 2. The van der Waals surface area contributed by atoms with Crippen LogP contribution >= 0.6 is 11.6 Å². The fourth-order valence-electron chi connectivity index (χ4n) is 4.68. The van der Waals surface area contributed by atoms with E-state index < -0.39 is 11.4 Å². The Kier molecular flexibility index (Phi) is 5.48. The topological polar surface area (TPSA) is 69.6 Å². The molecule has 2 aliphatic rings. The number of pyridine rings is 2. The van der Waals surface area contributed by atoms with Crippen LogP contribution in [-0.4, -0.2) is 51.9 Å². The predicted molar refractivity (Wildman–Crippen MR) is 127 cm³/mol. The Labute approximate surface area is 201 Å². The SMILES string of the molecule is Cc1cnc(N2CC(=O)N(Cc3ccc(Cl)cc3)C3(CN(c4ccc(F)cn4)C3)C2=O)c(C)c1. The van der Waals surface area contributed by atoms with Gasteiger partial charge in [0.15, 0.2) is 5.54 Å². The van der Waals surface area contributed by atoms with Gasteiger partial charge >= 0.3 is 0 Å². The van der Waals surface area contributed by atoms with E-state index in [-0.39, 0.29) is 38.0 Å². The van der Waals surface area contributed by atoms with Crippen LogP contribution in [0.4, 0.5) is 16.0 Å². The lowest BCUT2D eigenvalue weighted by atomic mass is 9.83. The van der Waals surface area contributed by atoms with Crippen molar-refractivity contribution in [1.82, 2.24) is 14.9 Å². The number of halogens is 2. The van der Waals surface area contributed by atoms with Crippen LogP contribution in [-0.2, 0) is 16.1 Å². The fraction of sp³-hybridized carbons (Fsp3) is 0.280. The second kappa shape index (κ2) is 8.36. The average molecular weight is 480 g/mol. The Morgan fingerprint density at radius 1 is 1.03 bits per heavy atom. The number of aryl methyl sites for hydroxylation is 2. The standard InChI is InChI=1S/C25H23ClFN5O2/c1-16-9-17(2)23(29-10-16)31-13-22(33)32(12-18-3-5-19(26)6-4-18)25(24(31)34)14-30(15-25)21-8-7-20(27)11-28-21/h3-11H,12-15H2,1-2H3. The van der Waals surface area contributed by atoms with Crippen molar-refractivity contribution in [3.05, 3.63) is 82.4 Å². The van der Waals surface area contributed by atoms with E-state index in [1.165, 1.54) is 11.0 Å². The average Bonchev–Trinajstić information content (AvgIpc) is 2.78. The van der Waals surface area contributed by atoms with E-state index >= 15 is 0 Å². The van der Waals surface area contributed by atoms with Crippen LogP contribution in [0.5, 0.6) is 0 Å². The summed E-state index contributed by atoms with van der Waals surface area (Å²) in [7, 11) is 0. The molecule has 9 heteroatoms. The minimum absolute atomic E-state index is 0.0835. The molecule has 2 aromatic heterocycles. The number of aromatic nitrogens is 2. The molecule has 0 radical (unpaired) electrons. The molecule has 2 aliphatic heterocycles. The molecule has 4 heterocycles. The zero-order valence-electron chi connectivity index (χ0n) is 18.8. The number of benzene rings is 1. The third-order valence-corrected chi connectivity index (χ3v) is 6.64. The van der Waals surface area contributed by atoms with Crippen LogP contribution in [0.25, 0.3) is 0 Å². The summed E-state index contributed by atoms with van der Waals surface area (Å²) in [4.78, 5) is 41.0. The van der Waals surface area contributed by atoms with Crippen molar-refractivity contribution >= 4 is 35.1 Å². The summed E-state index contributed by atoms with van der Waals surface area (Å²) in [5.41, 5.74) is 1.61. The predicted octanol–water partition coefficient (Wildman–Crippen LogP) is 3.52. The Hall–Kier alpha value is -3.52. The first kappa shape index (κ1) is 22.3. The molecule has 0 unspecified atom stereocenters. The van der Waals surface area contributed by atoms with Gasteiger partial charge in [-0.25, -0.2) is 14.4 Å². The summed E-state index contributed by atoms with van der Waals surface area (Å²) in [6.07, 6.45) is 2.84. The van der Waals surface area contributed by atoms with E-state index in [4.69, 9.17) is 11.6 Å². The lowest BCUT2D eigenvalue weighted by Crippen LogP contribution is -2.81. The van der Waals surface area contributed by atoms with Crippen LogP contribution in [0.1, 0.15) is 16.7 Å². The van der Waals surface area contributed by atoms with Crippen molar-refractivity contribution in [3.63, 3.8) is 0 Å². The van der Waals surface area contributed by atoms with Crippen molar-refractivity contribution in [2.24, 2.45) is 0 Å². The molecule has 0 aliphatic carbocycles. The Bertz CT molecular complexity index is 1260. The molecule has 2 fully saturated rings. The minimum atomic E-state index is -1.08. The van der Waals surface area contributed by atoms with Gasteiger partial charge in [0, 0.05) is 17.8 Å². The Balaban J connectivity index is 1.50. The van der Waals surface area contributed by atoms with E-state index in [2.05, 4.69) is 9.97 Å². The summed E-state index contributed by atoms with van der Waals surface area (Å²) >= 11 is 6.02. The molecule has 1 aromatic carbocycles. The fourth-order valence-corrected chi connectivity index (χ4v) is 4.81. The molecule has 3 aromatic rings. The molecule has 0 bridgehead atoms. The number of hydrogen-bond donors (Lipinski definition) is 0. The van der Waals surface area contributed by atoms with Gasteiger partial charge in [-0.1, -0.05) is 29.8 Å². The van der Waals surface area contributed by atoms with Gasteiger partial charge < -0.3 is 9.80 Å². The van der Waals surface area contributed by atoms with Gasteiger partial charge in [0.1, 0.15) is 24.0 Å². The monoisotopic (exact) mass is 479 g/mol. The van der Waals surface area contributed by atoms with Gasteiger partial charge in [-0.2, -0.15) is 0 Å². The number of amides is 2. The van der Waals surface area contributed by atoms with Crippen molar-refractivity contribution in [1.29, 1.82) is 0 Å². The van der Waals surface area contributed by atoms with Crippen molar-refractivity contribution in [2.45, 2.75) is 25.9 Å². The first-order valence-corrected chi connectivity index (χ1v) is 11.3. The van der Waals surface area contributed by atoms with Crippen molar-refractivity contribution in [3.8, 4) is 0 Å². The van der Waals surface area contributed by atoms with Crippen LogP contribution in [0.3, 0.4) is 0 Å². The molecule has 0 saturated carbocycles. The summed E-state index contributed by atoms with van der Waals surface area (Å²) < 4.78 is 13.4. The first-order chi connectivity index (χ1) is 16.3. The second-order valence-electron chi connectivity index (χ2n) is 8.87. The van der Waals surface area contributed by atoms with Crippen LogP contribution in [0.2, 0.25) is 5.02 Å². The second-order valence-corrected chi connectivity index (χ2v) is 9.31. The Morgan fingerprint density at radius 2 is 1.76 bits per heavy atom. The van der Waals surface area contributed by atoms with Crippen LogP contribution in [0.15, 0.2) is 54.9 Å². The highest BCUT2D eigenvalue weighted by molar-refractivity contribution is 6.30. The molecular weight excluding hydrogens is 457 g/mol. The lowest BCUT2D eigenvalue weighted by molar-refractivity contribution is -0.153. The van der Waals surface area contributed by atoms with Gasteiger partial charge in [-0.05, 0) is 54.8 Å². The van der Waals surface area contributed by atoms with Gasteiger partial charge in [-0.15, -0.1) is 0 Å². The molecule has 2 saturated heterocycles.